The molecule has 0 radical (unpaired) electrons. The van der Waals surface area contributed by atoms with Gasteiger partial charge in [0, 0.05) is 12.4 Å². The monoisotopic (exact) mass is 261 g/mol. The fourth-order valence-electron chi connectivity index (χ4n) is 1.62. The van der Waals surface area contributed by atoms with Crippen LogP contribution in [-0.2, 0) is 11.3 Å². The van der Waals surface area contributed by atoms with E-state index < -0.39 is 18.6 Å². The zero-order valence-electron chi connectivity index (χ0n) is 10.3. The van der Waals surface area contributed by atoms with Gasteiger partial charge in [-0.3, -0.25) is 14.7 Å². The lowest BCUT2D eigenvalue weighted by molar-refractivity contribution is -0.140. The molecule has 0 spiro atoms. The number of nitrogens with zero attached hydrogens (tertiary/aromatic N) is 2. The molecule has 1 aromatic heterocycles. The first-order valence-corrected chi connectivity index (χ1v) is 5.67. The predicted molar refractivity (Wildman–Crippen MR) is 61.2 cm³/mol. The van der Waals surface area contributed by atoms with Crippen LogP contribution in [0, 0.1) is 5.92 Å². The fourth-order valence-corrected chi connectivity index (χ4v) is 1.62. The topological polar surface area (TPSA) is 67.2 Å². The Morgan fingerprint density at radius 3 is 2.72 bits per heavy atom. The van der Waals surface area contributed by atoms with Crippen LogP contribution in [-0.4, -0.2) is 26.7 Å². The number of carboxylic acids is 1. The van der Waals surface area contributed by atoms with E-state index in [1.165, 1.54) is 12.4 Å². The molecule has 0 saturated heterocycles. The molecule has 7 heteroatoms. The molecule has 1 heterocycles. The summed E-state index contributed by atoms with van der Waals surface area (Å²) >= 11 is 0. The van der Waals surface area contributed by atoms with Gasteiger partial charge in [0.1, 0.15) is 11.9 Å². The summed E-state index contributed by atoms with van der Waals surface area (Å²) in [7, 11) is 0. The summed E-state index contributed by atoms with van der Waals surface area (Å²) in [5.41, 5.74) is 0. The van der Waals surface area contributed by atoms with Crippen molar-refractivity contribution >= 4 is 5.97 Å². The molecule has 0 aliphatic rings. The van der Waals surface area contributed by atoms with Crippen LogP contribution in [0.1, 0.15) is 32.6 Å². The second-order valence-corrected chi connectivity index (χ2v) is 4.43. The lowest BCUT2D eigenvalue weighted by Gasteiger charge is -2.16. The van der Waals surface area contributed by atoms with Gasteiger partial charge in [-0.25, -0.2) is 4.98 Å². The third kappa shape index (κ3) is 4.06. The summed E-state index contributed by atoms with van der Waals surface area (Å²) in [5, 5.41) is 11.7. The second-order valence-electron chi connectivity index (χ2n) is 4.43. The first kappa shape index (κ1) is 14.6. The summed E-state index contributed by atoms with van der Waals surface area (Å²) in [6.07, 6.45) is 2.87. The number of aliphatic carboxylic acids is 1. The molecule has 0 aliphatic carbocycles. The molecule has 0 amide bonds. The molecule has 0 fully saturated rings. The lowest BCUT2D eigenvalue weighted by atomic mass is 10.0. The van der Waals surface area contributed by atoms with Gasteiger partial charge >= 0.3 is 12.5 Å². The maximum Gasteiger partial charge on any atom is 0.320 e. The molecule has 5 nitrogen and oxygen atoms in total. The summed E-state index contributed by atoms with van der Waals surface area (Å²) in [4.78, 5) is 14.8. The summed E-state index contributed by atoms with van der Waals surface area (Å²) < 4.78 is 25.8. The van der Waals surface area contributed by atoms with E-state index in [9.17, 15) is 13.6 Å². The minimum Gasteiger partial charge on any atom is -0.480 e. The average molecular weight is 261 g/mol. The van der Waals surface area contributed by atoms with Gasteiger partial charge in [0.25, 0.3) is 0 Å². The van der Waals surface area contributed by atoms with Crippen LogP contribution in [0.15, 0.2) is 12.4 Å². The Bertz CT molecular complexity index is 393. The Labute approximate surface area is 104 Å². The highest BCUT2D eigenvalue weighted by Crippen LogP contribution is 2.13. The number of hydrogen-bond acceptors (Lipinski definition) is 3. The van der Waals surface area contributed by atoms with Crippen LogP contribution in [0.2, 0.25) is 0 Å². The largest absolute Gasteiger partial charge is 0.480 e. The summed E-state index contributed by atoms with van der Waals surface area (Å²) in [5.74, 6) is -0.660. The molecule has 0 aliphatic heterocycles. The van der Waals surface area contributed by atoms with Gasteiger partial charge < -0.3 is 5.11 Å². The van der Waals surface area contributed by atoms with Gasteiger partial charge in [-0.1, -0.05) is 13.8 Å². The van der Waals surface area contributed by atoms with E-state index in [1.54, 1.807) is 0 Å². The van der Waals surface area contributed by atoms with E-state index in [4.69, 9.17) is 5.11 Å². The van der Waals surface area contributed by atoms with Crippen molar-refractivity contribution in [3.63, 3.8) is 0 Å². The van der Waals surface area contributed by atoms with Crippen molar-refractivity contribution in [1.29, 1.82) is 0 Å². The van der Waals surface area contributed by atoms with Crippen molar-refractivity contribution < 1.29 is 18.7 Å². The highest BCUT2D eigenvalue weighted by molar-refractivity contribution is 5.73. The van der Waals surface area contributed by atoms with Crippen LogP contribution in [0.4, 0.5) is 8.78 Å². The molecule has 1 unspecified atom stereocenters. The van der Waals surface area contributed by atoms with E-state index in [0.29, 0.717) is 11.0 Å². The SMILES string of the molecule is CC(C)CC(NCc1nccn1C(F)F)C(=O)O. The van der Waals surface area contributed by atoms with Gasteiger partial charge in [0.05, 0.1) is 6.54 Å². The predicted octanol–water partition coefficient (Wildman–Crippen LogP) is 1.87. The Kier molecular flexibility index (Phi) is 5.21. The minimum absolute atomic E-state index is 0.00102. The Morgan fingerprint density at radius 1 is 1.56 bits per heavy atom. The number of alkyl halides is 2. The van der Waals surface area contributed by atoms with Crippen LogP contribution in [0.5, 0.6) is 0 Å². The number of hydrogen-bond donors (Lipinski definition) is 2. The zero-order valence-corrected chi connectivity index (χ0v) is 10.3. The van der Waals surface area contributed by atoms with Crippen LogP contribution in [0.25, 0.3) is 0 Å². The summed E-state index contributed by atoms with van der Waals surface area (Å²) in [6.45, 7) is 1.13. The third-order valence-corrected chi connectivity index (χ3v) is 2.47. The average Bonchev–Trinajstić information content (AvgIpc) is 2.71. The molecule has 18 heavy (non-hydrogen) atoms. The smallest absolute Gasteiger partial charge is 0.320 e. The van der Waals surface area contributed by atoms with Crippen molar-refractivity contribution in [3.8, 4) is 0 Å². The van der Waals surface area contributed by atoms with Gasteiger partial charge in [0.15, 0.2) is 0 Å². The minimum atomic E-state index is -2.67. The third-order valence-electron chi connectivity index (χ3n) is 2.47. The highest BCUT2D eigenvalue weighted by atomic mass is 19.3. The number of rotatable bonds is 7. The number of nitrogens with one attached hydrogen (secondary N) is 1. The molecule has 0 saturated carbocycles. The first-order valence-electron chi connectivity index (χ1n) is 5.67. The Morgan fingerprint density at radius 2 is 2.22 bits per heavy atom. The van der Waals surface area contributed by atoms with Crippen molar-refractivity contribution in [3.05, 3.63) is 18.2 Å². The first-order chi connectivity index (χ1) is 8.41. The Hall–Kier alpha value is -1.50. The molecule has 1 atom stereocenters. The molecule has 0 bridgehead atoms. The highest BCUT2D eigenvalue weighted by Gasteiger charge is 2.19. The molecule has 102 valence electrons. The fraction of sp³-hybridized carbons (Fsp3) is 0.636. The Balaban J connectivity index is 2.61. The van der Waals surface area contributed by atoms with Gasteiger partial charge in [-0.15, -0.1) is 0 Å². The quantitative estimate of drug-likeness (QED) is 0.786. The van der Waals surface area contributed by atoms with E-state index in [0.717, 1.165) is 0 Å². The normalized spacial score (nSPS) is 13.2. The molecular formula is C11H17F2N3O2. The molecule has 1 rings (SSSR count). The maximum atomic E-state index is 12.5. The number of carboxylic acid groups (broad SMARTS) is 1. The van der Waals surface area contributed by atoms with Crippen molar-refractivity contribution in [2.45, 2.75) is 39.4 Å². The number of carbonyl (C=O) groups is 1. The van der Waals surface area contributed by atoms with Gasteiger partial charge in [-0.05, 0) is 12.3 Å². The number of halogens is 2. The van der Waals surface area contributed by atoms with Crippen molar-refractivity contribution in [2.24, 2.45) is 5.92 Å². The molecular weight excluding hydrogens is 244 g/mol. The van der Waals surface area contributed by atoms with Crippen LogP contribution in [0.3, 0.4) is 0 Å². The van der Waals surface area contributed by atoms with E-state index in [-0.39, 0.29) is 18.3 Å². The van der Waals surface area contributed by atoms with Gasteiger partial charge in [-0.2, -0.15) is 8.78 Å². The lowest BCUT2D eigenvalue weighted by Crippen LogP contribution is -2.37. The van der Waals surface area contributed by atoms with Gasteiger partial charge in [0.2, 0.25) is 0 Å². The van der Waals surface area contributed by atoms with E-state index in [1.807, 2.05) is 13.8 Å². The van der Waals surface area contributed by atoms with Crippen LogP contribution < -0.4 is 5.32 Å². The summed E-state index contributed by atoms with van der Waals surface area (Å²) in [6, 6.07) is -0.757. The number of aromatic nitrogens is 2. The maximum absolute atomic E-state index is 12.5. The van der Waals surface area contributed by atoms with Crippen LogP contribution >= 0.6 is 0 Å². The van der Waals surface area contributed by atoms with E-state index in [2.05, 4.69) is 10.3 Å². The zero-order chi connectivity index (χ0) is 13.7. The molecule has 2 N–H and O–H groups in total. The second kappa shape index (κ2) is 6.44. The standard InChI is InChI=1S/C11H17F2N3O2/c1-7(2)5-8(10(17)18)15-6-9-14-3-4-16(9)11(12)13/h3-4,7-8,11,15H,5-6H2,1-2H3,(H,17,18). The molecule has 1 aromatic rings. The van der Waals surface area contributed by atoms with Crippen molar-refractivity contribution in [2.75, 3.05) is 0 Å². The number of imidazole rings is 1. The molecule has 0 aromatic carbocycles. The van der Waals surface area contributed by atoms with Crippen molar-refractivity contribution in [1.82, 2.24) is 14.9 Å². The van der Waals surface area contributed by atoms with E-state index >= 15 is 0 Å².